The normalized spacial score (nSPS) is 14.2. The first-order chi connectivity index (χ1) is 12.0. The quantitative estimate of drug-likeness (QED) is 0.738. The summed E-state index contributed by atoms with van der Waals surface area (Å²) in [5.74, 6) is 0.522. The van der Waals surface area contributed by atoms with Crippen molar-refractivity contribution in [2.75, 3.05) is 25.5 Å². The fourth-order valence-corrected chi connectivity index (χ4v) is 4.13. The maximum absolute atomic E-state index is 12.1. The number of amides is 1. The Hall–Kier alpha value is -1.34. The van der Waals surface area contributed by atoms with Crippen molar-refractivity contribution in [1.29, 1.82) is 0 Å². The summed E-state index contributed by atoms with van der Waals surface area (Å²) in [6, 6.07) is 5.08. The fourth-order valence-electron chi connectivity index (χ4n) is 2.57. The molecule has 0 spiro atoms. The number of ether oxygens (including phenoxy) is 1. The molecule has 0 aliphatic carbocycles. The number of carbonyl (C=O) groups excluding carboxylic acids is 1. The number of aromatic nitrogens is 1. The second-order valence-corrected chi connectivity index (χ2v) is 7.88. The highest BCUT2D eigenvalue weighted by Crippen LogP contribution is 2.28. The summed E-state index contributed by atoms with van der Waals surface area (Å²) in [7, 11) is 2.09. The lowest BCUT2D eigenvalue weighted by atomic mass is 10.2. The standard InChI is InChI=1S/C17H19Cl2N3O2S/c1-22-7-6-13-15(10-22)25-17(20-13)21-16(23)3-2-8-24-14-5-4-11(18)9-12(14)19/h4-5,9H,2-3,6-8,10H2,1H3,(H,20,21,23). The van der Waals surface area contributed by atoms with Gasteiger partial charge in [-0.15, -0.1) is 11.3 Å². The molecule has 8 heteroatoms. The van der Waals surface area contributed by atoms with Crippen LogP contribution >= 0.6 is 34.5 Å². The molecule has 1 aliphatic rings. The van der Waals surface area contributed by atoms with Gasteiger partial charge in [-0.2, -0.15) is 0 Å². The highest BCUT2D eigenvalue weighted by atomic mass is 35.5. The predicted molar refractivity (Wildman–Crippen MR) is 102 cm³/mol. The molecule has 0 saturated carbocycles. The number of hydrogen-bond acceptors (Lipinski definition) is 5. The van der Waals surface area contributed by atoms with Crippen molar-refractivity contribution in [1.82, 2.24) is 9.88 Å². The van der Waals surface area contributed by atoms with E-state index in [-0.39, 0.29) is 5.91 Å². The van der Waals surface area contributed by atoms with Crippen molar-refractivity contribution in [2.45, 2.75) is 25.8 Å². The Kier molecular flexibility index (Phi) is 6.17. The van der Waals surface area contributed by atoms with Crippen LogP contribution in [0, 0.1) is 0 Å². The predicted octanol–water partition coefficient (Wildman–Crippen LogP) is 4.24. The number of anilines is 1. The van der Waals surface area contributed by atoms with E-state index >= 15 is 0 Å². The minimum absolute atomic E-state index is 0.0507. The van der Waals surface area contributed by atoms with E-state index in [1.54, 1.807) is 29.5 Å². The highest BCUT2D eigenvalue weighted by molar-refractivity contribution is 7.15. The molecule has 3 rings (SSSR count). The average Bonchev–Trinajstić information content (AvgIpc) is 2.94. The number of halogens is 2. The monoisotopic (exact) mass is 399 g/mol. The van der Waals surface area contributed by atoms with Crippen LogP contribution in [-0.4, -0.2) is 36.0 Å². The van der Waals surface area contributed by atoms with E-state index in [4.69, 9.17) is 27.9 Å². The van der Waals surface area contributed by atoms with Gasteiger partial charge in [0.25, 0.3) is 0 Å². The van der Waals surface area contributed by atoms with Gasteiger partial charge in [-0.1, -0.05) is 23.2 Å². The Morgan fingerprint density at radius 1 is 1.44 bits per heavy atom. The zero-order valence-electron chi connectivity index (χ0n) is 13.8. The van der Waals surface area contributed by atoms with Gasteiger partial charge in [0, 0.05) is 35.8 Å². The third-order valence-electron chi connectivity index (χ3n) is 3.87. The first-order valence-corrected chi connectivity index (χ1v) is 9.63. The Morgan fingerprint density at radius 3 is 3.08 bits per heavy atom. The van der Waals surface area contributed by atoms with Gasteiger partial charge in [-0.3, -0.25) is 4.79 Å². The maximum atomic E-state index is 12.1. The van der Waals surface area contributed by atoms with Gasteiger partial charge in [0.1, 0.15) is 5.75 Å². The number of thiazole rings is 1. The Morgan fingerprint density at radius 2 is 2.28 bits per heavy atom. The van der Waals surface area contributed by atoms with Crippen molar-refractivity contribution < 1.29 is 9.53 Å². The van der Waals surface area contributed by atoms with E-state index in [2.05, 4.69) is 22.2 Å². The number of benzene rings is 1. The lowest BCUT2D eigenvalue weighted by molar-refractivity contribution is -0.116. The molecule has 5 nitrogen and oxygen atoms in total. The molecular weight excluding hydrogens is 381 g/mol. The molecule has 1 aromatic heterocycles. The van der Waals surface area contributed by atoms with Crippen LogP contribution in [0.3, 0.4) is 0 Å². The molecule has 0 atom stereocenters. The van der Waals surface area contributed by atoms with Gasteiger partial charge in [-0.05, 0) is 31.7 Å². The van der Waals surface area contributed by atoms with Gasteiger partial charge in [-0.25, -0.2) is 4.98 Å². The first-order valence-electron chi connectivity index (χ1n) is 8.06. The molecule has 1 amide bonds. The molecule has 1 aromatic carbocycles. The number of nitrogens with zero attached hydrogens (tertiary/aromatic N) is 2. The molecule has 2 aromatic rings. The van der Waals surface area contributed by atoms with Crippen molar-refractivity contribution >= 4 is 45.6 Å². The van der Waals surface area contributed by atoms with E-state index in [1.165, 1.54) is 4.88 Å². The molecule has 2 heterocycles. The number of likely N-dealkylation sites (N-methyl/N-ethyl adjacent to an activating group) is 1. The zero-order valence-corrected chi connectivity index (χ0v) is 16.2. The van der Waals surface area contributed by atoms with Gasteiger partial charge in [0.15, 0.2) is 5.13 Å². The average molecular weight is 400 g/mol. The molecule has 134 valence electrons. The van der Waals surface area contributed by atoms with Crippen LogP contribution in [0.25, 0.3) is 0 Å². The molecule has 25 heavy (non-hydrogen) atoms. The summed E-state index contributed by atoms with van der Waals surface area (Å²) in [4.78, 5) is 20.1. The van der Waals surface area contributed by atoms with Crippen LogP contribution in [-0.2, 0) is 17.8 Å². The fraction of sp³-hybridized carbons (Fsp3) is 0.412. The second-order valence-electron chi connectivity index (χ2n) is 5.95. The van der Waals surface area contributed by atoms with Crippen LogP contribution < -0.4 is 10.1 Å². The molecule has 1 N–H and O–H groups in total. The molecule has 0 unspecified atom stereocenters. The Balaban J connectivity index is 1.42. The Labute approximate surface area is 160 Å². The summed E-state index contributed by atoms with van der Waals surface area (Å²) < 4.78 is 5.58. The molecule has 0 radical (unpaired) electrons. The number of rotatable bonds is 6. The lowest BCUT2D eigenvalue weighted by Gasteiger charge is -2.20. The van der Waals surface area contributed by atoms with Crippen molar-refractivity contribution in [3.05, 3.63) is 38.8 Å². The first kappa shape index (κ1) is 18.5. The summed E-state index contributed by atoms with van der Waals surface area (Å²) in [5.41, 5.74) is 1.11. The minimum Gasteiger partial charge on any atom is -0.492 e. The van der Waals surface area contributed by atoms with E-state index in [0.29, 0.717) is 40.4 Å². The largest absolute Gasteiger partial charge is 0.492 e. The van der Waals surface area contributed by atoms with Crippen LogP contribution in [0.2, 0.25) is 10.0 Å². The smallest absolute Gasteiger partial charge is 0.226 e. The van der Waals surface area contributed by atoms with Crippen LogP contribution in [0.4, 0.5) is 5.13 Å². The topological polar surface area (TPSA) is 54.5 Å². The number of fused-ring (bicyclic) bond motifs is 1. The number of hydrogen-bond donors (Lipinski definition) is 1. The maximum Gasteiger partial charge on any atom is 0.226 e. The third kappa shape index (κ3) is 5.07. The van der Waals surface area contributed by atoms with Crippen LogP contribution in [0.5, 0.6) is 5.75 Å². The number of nitrogens with one attached hydrogen (secondary N) is 1. The van der Waals surface area contributed by atoms with Gasteiger partial charge in [0.2, 0.25) is 5.91 Å². The van der Waals surface area contributed by atoms with E-state index in [1.807, 2.05) is 0 Å². The summed E-state index contributed by atoms with van der Waals surface area (Å²) in [6.07, 6.45) is 1.90. The molecule has 0 bridgehead atoms. The summed E-state index contributed by atoms with van der Waals surface area (Å²) >= 11 is 13.4. The van der Waals surface area contributed by atoms with Gasteiger partial charge in [0.05, 0.1) is 17.3 Å². The van der Waals surface area contributed by atoms with E-state index < -0.39 is 0 Å². The van der Waals surface area contributed by atoms with Crippen LogP contribution in [0.15, 0.2) is 18.2 Å². The SMILES string of the molecule is CN1CCc2nc(NC(=O)CCCOc3ccc(Cl)cc3Cl)sc2C1. The van der Waals surface area contributed by atoms with Crippen molar-refractivity contribution in [3.63, 3.8) is 0 Å². The molecule has 0 saturated heterocycles. The van der Waals surface area contributed by atoms with Crippen LogP contribution in [0.1, 0.15) is 23.4 Å². The second kappa shape index (κ2) is 8.36. The van der Waals surface area contributed by atoms with Crippen molar-refractivity contribution in [2.24, 2.45) is 0 Å². The van der Waals surface area contributed by atoms with E-state index in [9.17, 15) is 4.79 Å². The van der Waals surface area contributed by atoms with Gasteiger partial charge < -0.3 is 15.0 Å². The van der Waals surface area contributed by atoms with Crippen molar-refractivity contribution in [3.8, 4) is 5.75 Å². The third-order valence-corrected chi connectivity index (χ3v) is 5.40. The molecular formula is C17H19Cl2N3O2S. The summed E-state index contributed by atoms with van der Waals surface area (Å²) in [5, 5.41) is 4.60. The molecule has 1 aliphatic heterocycles. The lowest BCUT2D eigenvalue weighted by Crippen LogP contribution is -2.25. The zero-order chi connectivity index (χ0) is 17.8. The van der Waals surface area contributed by atoms with Gasteiger partial charge >= 0.3 is 0 Å². The Bertz CT molecular complexity index is 766. The summed E-state index contributed by atoms with van der Waals surface area (Å²) in [6.45, 7) is 2.32. The minimum atomic E-state index is -0.0507. The van der Waals surface area contributed by atoms with E-state index in [0.717, 1.165) is 25.2 Å². The molecule has 0 fully saturated rings. The number of carbonyl (C=O) groups is 1. The highest BCUT2D eigenvalue weighted by Gasteiger charge is 2.19.